The summed E-state index contributed by atoms with van der Waals surface area (Å²) < 4.78 is 33.8. The van der Waals surface area contributed by atoms with Gasteiger partial charge < -0.3 is 4.52 Å². The summed E-state index contributed by atoms with van der Waals surface area (Å²) in [6.07, 6.45) is 4.73. The molecule has 130 valence electrons. The summed E-state index contributed by atoms with van der Waals surface area (Å²) in [5, 5.41) is 4.02. The van der Waals surface area contributed by atoms with Gasteiger partial charge >= 0.3 is 0 Å². The summed E-state index contributed by atoms with van der Waals surface area (Å²) in [5.74, 6) is 0.781. The zero-order chi connectivity index (χ0) is 17.3. The standard InChI is InChI=1S/C18H24N2O3S/c1-4-16-18(13(3)19-23-16)14-10-9-12(2)17(11-14)24(21,22)20-15-7-5-6-8-15/h9-11,15,20H,4-8H2,1-3H3. The fraction of sp³-hybridized carbons (Fsp3) is 0.500. The number of sulfonamides is 1. The summed E-state index contributed by atoms with van der Waals surface area (Å²) in [6, 6.07) is 5.58. The van der Waals surface area contributed by atoms with E-state index in [0.29, 0.717) is 11.3 Å². The van der Waals surface area contributed by atoms with Gasteiger partial charge in [0.15, 0.2) is 0 Å². The minimum atomic E-state index is -3.52. The van der Waals surface area contributed by atoms with Gasteiger partial charge in [-0.05, 0) is 43.9 Å². The van der Waals surface area contributed by atoms with Crippen LogP contribution in [0.25, 0.3) is 11.1 Å². The molecule has 0 unspecified atom stereocenters. The average molecular weight is 348 g/mol. The van der Waals surface area contributed by atoms with E-state index in [4.69, 9.17) is 4.52 Å². The maximum absolute atomic E-state index is 12.8. The van der Waals surface area contributed by atoms with E-state index in [0.717, 1.165) is 53.8 Å². The number of nitrogens with zero attached hydrogens (tertiary/aromatic N) is 1. The Bertz CT molecular complexity index is 834. The predicted molar refractivity (Wildman–Crippen MR) is 93.4 cm³/mol. The van der Waals surface area contributed by atoms with E-state index < -0.39 is 10.0 Å². The lowest BCUT2D eigenvalue weighted by atomic mass is 10.0. The van der Waals surface area contributed by atoms with Crippen molar-refractivity contribution in [3.8, 4) is 11.1 Å². The highest BCUT2D eigenvalue weighted by molar-refractivity contribution is 7.89. The van der Waals surface area contributed by atoms with Gasteiger partial charge in [-0.1, -0.05) is 37.1 Å². The van der Waals surface area contributed by atoms with Crippen LogP contribution in [0.3, 0.4) is 0 Å². The SMILES string of the molecule is CCc1onc(C)c1-c1ccc(C)c(S(=O)(=O)NC2CCCC2)c1. The van der Waals surface area contributed by atoms with E-state index in [-0.39, 0.29) is 6.04 Å². The van der Waals surface area contributed by atoms with Crippen LogP contribution in [0, 0.1) is 13.8 Å². The Balaban J connectivity index is 2.01. The Morgan fingerprint density at radius 3 is 2.62 bits per heavy atom. The van der Waals surface area contributed by atoms with Gasteiger partial charge in [-0.2, -0.15) is 0 Å². The molecule has 0 amide bonds. The second-order valence-electron chi connectivity index (χ2n) is 6.50. The summed E-state index contributed by atoms with van der Waals surface area (Å²) in [5.41, 5.74) is 3.26. The molecule has 0 aliphatic heterocycles. The molecule has 2 aromatic rings. The van der Waals surface area contributed by atoms with E-state index in [9.17, 15) is 8.42 Å². The topological polar surface area (TPSA) is 72.2 Å². The summed E-state index contributed by atoms with van der Waals surface area (Å²) in [7, 11) is -3.52. The van der Waals surface area contributed by atoms with Crippen molar-refractivity contribution < 1.29 is 12.9 Å². The quantitative estimate of drug-likeness (QED) is 0.893. The maximum Gasteiger partial charge on any atom is 0.241 e. The molecule has 1 aliphatic rings. The van der Waals surface area contributed by atoms with E-state index in [1.165, 1.54) is 0 Å². The van der Waals surface area contributed by atoms with E-state index >= 15 is 0 Å². The summed E-state index contributed by atoms with van der Waals surface area (Å²) in [4.78, 5) is 0.342. The number of rotatable bonds is 5. The molecular weight excluding hydrogens is 324 g/mol. The highest BCUT2D eigenvalue weighted by atomic mass is 32.2. The molecule has 1 aromatic heterocycles. The zero-order valence-corrected chi connectivity index (χ0v) is 15.2. The first kappa shape index (κ1) is 17.2. The van der Waals surface area contributed by atoms with Crippen LogP contribution >= 0.6 is 0 Å². The third-order valence-corrected chi connectivity index (χ3v) is 6.36. The minimum absolute atomic E-state index is 0.0570. The van der Waals surface area contributed by atoms with Crippen LogP contribution in [-0.2, 0) is 16.4 Å². The molecule has 0 spiro atoms. The monoisotopic (exact) mass is 348 g/mol. The number of aromatic nitrogens is 1. The molecule has 1 fully saturated rings. The van der Waals surface area contributed by atoms with Gasteiger partial charge in [0.2, 0.25) is 10.0 Å². The van der Waals surface area contributed by atoms with Crippen LogP contribution in [0.1, 0.15) is 49.6 Å². The van der Waals surface area contributed by atoms with Crippen LogP contribution in [-0.4, -0.2) is 19.6 Å². The number of benzene rings is 1. The Labute approximate surface area is 143 Å². The second kappa shape index (κ2) is 6.69. The average Bonchev–Trinajstić information content (AvgIpc) is 3.16. The summed E-state index contributed by atoms with van der Waals surface area (Å²) in [6.45, 7) is 5.70. The van der Waals surface area contributed by atoms with Crippen LogP contribution in [0.4, 0.5) is 0 Å². The highest BCUT2D eigenvalue weighted by Gasteiger charge is 2.25. The van der Waals surface area contributed by atoms with Crippen molar-refractivity contribution in [2.45, 2.75) is 63.8 Å². The fourth-order valence-electron chi connectivity index (χ4n) is 3.40. The lowest BCUT2D eigenvalue weighted by molar-refractivity contribution is 0.383. The fourth-order valence-corrected chi connectivity index (χ4v) is 4.98. The van der Waals surface area contributed by atoms with E-state index in [1.54, 1.807) is 6.07 Å². The van der Waals surface area contributed by atoms with Crippen LogP contribution < -0.4 is 4.72 Å². The normalized spacial score (nSPS) is 16.0. The zero-order valence-electron chi connectivity index (χ0n) is 14.4. The predicted octanol–water partition coefficient (Wildman–Crippen LogP) is 3.74. The van der Waals surface area contributed by atoms with Gasteiger partial charge in [0.25, 0.3) is 0 Å². The first-order chi connectivity index (χ1) is 11.4. The first-order valence-corrected chi connectivity index (χ1v) is 9.99. The summed E-state index contributed by atoms with van der Waals surface area (Å²) >= 11 is 0. The third-order valence-electron chi connectivity index (χ3n) is 4.70. The van der Waals surface area contributed by atoms with Crippen LogP contribution in [0.15, 0.2) is 27.6 Å². The Hall–Kier alpha value is -1.66. The molecule has 1 saturated carbocycles. The molecule has 24 heavy (non-hydrogen) atoms. The molecular formula is C18H24N2O3S. The number of hydrogen-bond acceptors (Lipinski definition) is 4. The van der Waals surface area contributed by atoms with Crippen LogP contribution in [0.5, 0.6) is 0 Å². The molecule has 0 atom stereocenters. The molecule has 0 saturated heterocycles. The molecule has 1 heterocycles. The van der Waals surface area contributed by atoms with Gasteiger partial charge in [0.1, 0.15) is 5.76 Å². The van der Waals surface area contributed by atoms with Gasteiger partial charge in [0, 0.05) is 18.0 Å². The number of hydrogen-bond donors (Lipinski definition) is 1. The minimum Gasteiger partial charge on any atom is -0.360 e. The number of nitrogens with one attached hydrogen (secondary N) is 1. The molecule has 1 aliphatic carbocycles. The molecule has 1 N–H and O–H groups in total. The van der Waals surface area contributed by atoms with Crippen molar-refractivity contribution in [1.82, 2.24) is 9.88 Å². The lowest BCUT2D eigenvalue weighted by Gasteiger charge is -2.15. The van der Waals surface area contributed by atoms with Crippen molar-refractivity contribution in [1.29, 1.82) is 0 Å². The van der Waals surface area contributed by atoms with Crippen molar-refractivity contribution >= 4 is 10.0 Å². The third kappa shape index (κ3) is 3.26. The van der Waals surface area contributed by atoms with Crippen LogP contribution in [0.2, 0.25) is 0 Å². The van der Waals surface area contributed by atoms with Gasteiger partial charge in [-0.15, -0.1) is 0 Å². The van der Waals surface area contributed by atoms with Crippen molar-refractivity contribution in [3.63, 3.8) is 0 Å². The van der Waals surface area contributed by atoms with Crippen molar-refractivity contribution in [2.24, 2.45) is 0 Å². The maximum atomic E-state index is 12.8. The van der Waals surface area contributed by atoms with Gasteiger partial charge in [0.05, 0.1) is 10.6 Å². The van der Waals surface area contributed by atoms with Gasteiger partial charge in [-0.3, -0.25) is 0 Å². The molecule has 6 heteroatoms. The molecule has 3 rings (SSSR count). The molecule has 5 nitrogen and oxygen atoms in total. The first-order valence-electron chi connectivity index (χ1n) is 8.51. The van der Waals surface area contributed by atoms with Crippen molar-refractivity contribution in [3.05, 3.63) is 35.2 Å². The molecule has 0 radical (unpaired) electrons. The van der Waals surface area contributed by atoms with E-state index in [2.05, 4.69) is 9.88 Å². The Morgan fingerprint density at radius 2 is 1.96 bits per heavy atom. The largest absolute Gasteiger partial charge is 0.360 e. The lowest BCUT2D eigenvalue weighted by Crippen LogP contribution is -2.33. The molecule has 0 bridgehead atoms. The Morgan fingerprint density at radius 1 is 1.25 bits per heavy atom. The van der Waals surface area contributed by atoms with Gasteiger partial charge in [-0.25, -0.2) is 13.1 Å². The Kier molecular flexibility index (Phi) is 4.78. The number of aryl methyl sites for hydroxylation is 3. The van der Waals surface area contributed by atoms with Crippen molar-refractivity contribution in [2.75, 3.05) is 0 Å². The molecule has 1 aromatic carbocycles. The second-order valence-corrected chi connectivity index (χ2v) is 8.19. The smallest absolute Gasteiger partial charge is 0.241 e. The van der Waals surface area contributed by atoms with E-state index in [1.807, 2.05) is 32.9 Å². The highest BCUT2D eigenvalue weighted by Crippen LogP contribution is 2.31.